The Morgan fingerprint density at radius 1 is 0.289 bits per heavy atom. The van der Waals surface area contributed by atoms with E-state index >= 15 is 0 Å². The van der Waals surface area contributed by atoms with E-state index in [0.29, 0.717) is 0 Å². The second-order valence-electron chi connectivity index (χ2n) is 22.6. The normalized spacial score (nSPS) is 16.2. The van der Waals surface area contributed by atoms with Crippen molar-refractivity contribution in [3.8, 4) is 66.8 Å². The standard InChI is InChI=1S/C74H56N2/c1-72(2)62-25-15-12-22-57(62)59-39-37-54(45-65(59)72)75(52-33-28-49(29-34-52)47-18-8-6-9-19-47)53-35-30-50(31-36-53)56-41-43-69-71-70(56)61-24-14-17-27-64(61)74(71,5)67-44-51(48-20-10-7-11-21-48)32-42-68(67)76(69)55-38-40-60-58-23-13-16-26-63(58)73(3,4)66(60)46-55/h6-46H,1-5H3. The Kier molecular flexibility index (Phi) is 9.52. The van der Waals surface area contributed by atoms with E-state index in [2.05, 4.69) is 293 Å². The summed E-state index contributed by atoms with van der Waals surface area (Å²) in [6.45, 7) is 12.0. The molecule has 0 saturated heterocycles. The molecule has 0 amide bonds. The Morgan fingerprint density at radius 3 is 1.37 bits per heavy atom. The molecule has 1 atom stereocenters. The highest BCUT2D eigenvalue weighted by atomic mass is 15.2. The van der Waals surface area contributed by atoms with Crippen molar-refractivity contribution in [2.24, 2.45) is 0 Å². The summed E-state index contributed by atoms with van der Waals surface area (Å²) >= 11 is 0. The molecule has 1 unspecified atom stereocenters. The quantitative estimate of drug-likeness (QED) is 0.157. The van der Waals surface area contributed by atoms with Crippen LogP contribution in [0.3, 0.4) is 0 Å². The van der Waals surface area contributed by atoms with Crippen LogP contribution in [0.15, 0.2) is 249 Å². The minimum absolute atomic E-state index is 0.128. The third-order valence-corrected chi connectivity index (χ3v) is 17.9. The lowest BCUT2D eigenvalue weighted by Crippen LogP contribution is -2.32. The van der Waals surface area contributed by atoms with Gasteiger partial charge in [0.15, 0.2) is 0 Å². The number of fused-ring (bicyclic) bond motifs is 11. The summed E-state index contributed by atoms with van der Waals surface area (Å²) in [7, 11) is 0. The molecule has 0 bridgehead atoms. The molecule has 11 aromatic carbocycles. The van der Waals surface area contributed by atoms with Crippen LogP contribution in [0.25, 0.3) is 66.8 Å². The van der Waals surface area contributed by atoms with Gasteiger partial charge in [-0.3, -0.25) is 0 Å². The first kappa shape index (κ1) is 44.5. The average Bonchev–Trinajstić information content (AvgIpc) is 4.18. The number of anilines is 6. The molecule has 15 rings (SSSR count). The molecule has 2 nitrogen and oxygen atoms in total. The SMILES string of the molecule is CC1(C)c2ccccc2-c2ccc(N(c3ccc(-c4ccccc4)cc3)c3ccc(-c4ccc5c6c4-c4ccccc4C6(C)c4cc(-c6ccccc6)ccc4N5c4ccc5c(c4)C(C)(C)c4ccccc4-5)cc3)cc21. The highest BCUT2D eigenvalue weighted by Gasteiger charge is 2.50. The Bertz CT molecular complexity index is 4160. The van der Waals surface area contributed by atoms with Gasteiger partial charge in [0.1, 0.15) is 0 Å². The van der Waals surface area contributed by atoms with E-state index in [4.69, 9.17) is 0 Å². The summed E-state index contributed by atoms with van der Waals surface area (Å²) in [5.41, 5.74) is 31.0. The minimum Gasteiger partial charge on any atom is -0.310 e. The molecule has 1 heterocycles. The topological polar surface area (TPSA) is 6.48 Å². The van der Waals surface area contributed by atoms with Crippen molar-refractivity contribution in [1.82, 2.24) is 0 Å². The molecule has 0 radical (unpaired) electrons. The van der Waals surface area contributed by atoms with Crippen LogP contribution in [0.4, 0.5) is 34.1 Å². The molecule has 11 aromatic rings. The third kappa shape index (κ3) is 6.28. The molecule has 362 valence electrons. The summed E-state index contributed by atoms with van der Waals surface area (Å²) < 4.78 is 0. The summed E-state index contributed by atoms with van der Waals surface area (Å²) in [5, 5.41) is 0. The minimum atomic E-state index is -0.427. The first-order valence-corrected chi connectivity index (χ1v) is 26.9. The van der Waals surface area contributed by atoms with Gasteiger partial charge in [0.2, 0.25) is 0 Å². The molecule has 0 spiro atoms. The van der Waals surface area contributed by atoms with Crippen LogP contribution >= 0.6 is 0 Å². The lowest BCUT2D eigenvalue weighted by molar-refractivity contribution is 0.660. The largest absolute Gasteiger partial charge is 0.310 e. The fraction of sp³-hybridized carbons (Fsp3) is 0.108. The number of nitrogens with zero attached hydrogens (tertiary/aromatic N) is 2. The Hall–Kier alpha value is -8.98. The van der Waals surface area contributed by atoms with E-state index in [1.165, 1.54) is 123 Å². The first-order valence-electron chi connectivity index (χ1n) is 26.9. The maximum Gasteiger partial charge on any atom is 0.0512 e. The summed E-state index contributed by atoms with van der Waals surface area (Å²) in [5.74, 6) is 0. The van der Waals surface area contributed by atoms with Crippen LogP contribution in [0.5, 0.6) is 0 Å². The summed E-state index contributed by atoms with van der Waals surface area (Å²) in [6.07, 6.45) is 0. The smallest absolute Gasteiger partial charge is 0.0512 e. The van der Waals surface area contributed by atoms with E-state index in [1.54, 1.807) is 0 Å². The van der Waals surface area contributed by atoms with Gasteiger partial charge in [-0.15, -0.1) is 0 Å². The predicted molar refractivity (Wildman–Crippen MR) is 318 cm³/mol. The molecule has 0 fully saturated rings. The molecule has 0 aromatic heterocycles. The number of hydrogen-bond acceptors (Lipinski definition) is 2. The molecule has 2 heteroatoms. The maximum atomic E-state index is 2.57. The van der Waals surface area contributed by atoms with Crippen LogP contribution in [-0.4, -0.2) is 0 Å². The molecule has 76 heavy (non-hydrogen) atoms. The maximum absolute atomic E-state index is 2.57. The molecule has 4 aliphatic rings. The molecular formula is C74H56N2. The van der Waals surface area contributed by atoms with Gasteiger partial charge in [-0.25, -0.2) is 0 Å². The van der Waals surface area contributed by atoms with Gasteiger partial charge in [-0.1, -0.05) is 210 Å². The van der Waals surface area contributed by atoms with Gasteiger partial charge in [0.05, 0.1) is 11.4 Å². The van der Waals surface area contributed by atoms with E-state index in [9.17, 15) is 0 Å². The fourth-order valence-corrected chi connectivity index (χ4v) is 14.0. The van der Waals surface area contributed by atoms with E-state index in [0.717, 1.165) is 17.1 Å². The third-order valence-electron chi connectivity index (χ3n) is 17.9. The van der Waals surface area contributed by atoms with E-state index < -0.39 is 5.41 Å². The number of hydrogen-bond donors (Lipinski definition) is 0. The first-order chi connectivity index (χ1) is 37.1. The second-order valence-corrected chi connectivity index (χ2v) is 22.6. The highest BCUT2D eigenvalue weighted by Crippen LogP contribution is 2.65. The van der Waals surface area contributed by atoms with Crippen LogP contribution < -0.4 is 9.80 Å². The van der Waals surface area contributed by atoms with Gasteiger partial charge in [-0.05, 0) is 179 Å². The van der Waals surface area contributed by atoms with Crippen molar-refractivity contribution in [3.63, 3.8) is 0 Å². The van der Waals surface area contributed by atoms with Crippen molar-refractivity contribution in [2.45, 2.75) is 50.9 Å². The number of rotatable bonds is 7. The predicted octanol–water partition coefficient (Wildman–Crippen LogP) is 19.9. The average molecular weight is 973 g/mol. The van der Waals surface area contributed by atoms with Crippen molar-refractivity contribution in [3.05, 3.63) is 288 Å². The Labute approximate surface area is 446 Å². The zero-order valence-electron chi connectivity index (χ0n) is 43.6. The lowest BCUT2D eigenvalue weighted by Gasteiger charge is -2.43. The zero-order valence-corrected chi connectivity index (χ0v) is 43.6. The molecule has 0 N–H and O–H groups in total. The summed E-state index contributed by atoms with van der Waals surface area (Å²) in [6, 6.07) is 93.4. The van der Waals surface area contributed by atoms with Gasteiger partial charge in [0.25, 0.3) is 0 Å². The van der Waals surface area contributed by atoms with Crippen molar-refractivity contribution in [1.29, 1.82) is 0 Å². The van der Waals surface area contributed by atoms with Gasteiger partial charge < -0.3 is 9.80 Å². The fourth-order valence-electron chi connectivity index (χ4n) is 14.0. The van der Waals surface area contributed by atoms with Gasteiger partial charge in [-0.2, -0.15) is 0 Å². The van der Waals surface area contributed by atoms with Crippen molar-refractivity contribution in [2.75, 3.05) is 9.80 Å². The van der Waals surface area contributed by atoms with Gasteiger partial charge in [0, 0.05) is 39.0 Å². The highest BCUT2D eigenvalue weighted by molar-refractivity contribution is 6.03. The van der Waals surface area contributed by atoms with Crippen molar-refractivity contribution >= 4 is 34.1 Å². The molecule has 1 aliphatic heterocycles. The lowest BCUT2D eigenvalue weighted by atomic mass is 9.69. The van der Waals surface area contributed by atoms with Crippen molar-refractivity contribution < 1.29 is 0 Å². The van der Waals surface area contributed by atoms with Crippen LogP contribution in [-0.2, 0) is 16.2 Å². The Balaban J connectivity index is 0.899. The molecule has 3 aliphatic carbocycles. The van der Waals surface area contributed by atoms with Crippen LogP contribution in [0, 0.1) is 0 Å². The molecular weight excluding hydrogens is 917 g/mol. The van der Waals surface area contributed by atoms with E-state index in [1.807, 2.05) is 0 Å². The Morgan fingerprint density at radius 2 is 0.737 bits per heavy atom. The molecule has 0 saturated carbocycles. The monoisotopic (exact) mass is 972 g/mol. The summed E-state index contributed by atoms with van der Waals surface area (Å²) in [4.78, 5) is 5.01. The van der Waals surface area contributed by atoms with Crippen LogP contribution in [0.2, 0.25) is 0 Å². The second kappa shape index (κ2) is 16.3. The van der Waals surface area contributed by atoms with Crippen LogP contribution in [0.1, 0.15) is 73.6 Å². The number of benzene rings is 11. The zero-order chi connectivity index (χ0) is 51.1. The van der Waals surface area contributed by atoms with Gasteiger partial charge >= 0.3 is 0 Å². The van der Waals surface area contributed by atoms with E-state index in [-0.39, 0.29) is 10.8 Å².